The zero-order valence-corrected chi connectivity index (χ0v) is 14.8. The van der Waals surface area contributed by atoms with Crippen molar-refractivity contribution in [1.82, 2.24) is 0 Å². The van der Waals surface area contributed by atoms with Crippen LogP contribution in [0, 0.1) is 0 Å². The van der Waals surface area contributed by atoms with Crippen molar-refractivity contribution in [2.45, 2.75) is 32.4 Å². The van der Waals surface area contributed by atoms with Gasteiger partial charge in [-0.25, -0.2) is 0 Å². The molecule has 2 aromatic rings. The van der Waals surface area contributed by atoms with E-state index in [2.05, 4.69) is 5.32 Å². The van der Waals surface area contributed by atoms with Gasteiger partial charge in [-0.05, 0) is 42.7 Å². The third kappa shape index (κ3) is 3.97. The summed E-state index contributed by atoms with van der Waals surface area (Å²) in [7, 11) is 0. The van der Waals surface area contributed by atoms with Crippen LogP contribution < -0.4 is 10.2 Å². The number of carbonyl (C=O) groups is 2. The van der Waals surface area contributed by atoms with Crippen LogP contribution in [0.1, 0.15) is 41.3 Å². The minimum Gasteiger partial charge on any atom is -0.322 e. The van der Waals surface area contributed by atoms with Crippen molar-refractivity contribution in [1.29, 1.82) is 0 Å². The number of amides is 2. The molecule has 3 rings (SSSR count). The molecule has 1 N–H and O–H groups in total. The highest BCUT2D eigenvalue weighted by molar-refractivity contribution is 6.06. The number of alkyl halides is 3. The molecule has 0 aliphatic carbocycles. The second kappa shape index (κ2) is 7.42. The van der Waals surface area contributed by atoms with Crippen molar-refractivity contribution < 1.29 is 22.8 Å². The molecule has 1 aliphatic rings. The average molecular weight is 376 g/mol. The molecule has 0 saturated carbocycles. The highest BCUT2D eigenvalue weighted by Gasteiger charge is 2.35. The molecule has 0 aromatic heterocycles. The maximum atomic E-state index is 13.1. The summed E-state index contributed by atoms with van der Waals surface area (Å²) >= 11 is 0. The van der Waals surface area contributed by atoms with Gasteiger partial charge in [-0.3, -0.25) is 9.59 Å². The van der Waals surface area contributed by atoms with E-state index in [0.29, 0.717) is 24.3 Å². The number of fused-ring (bicyclic) bond motifs is 1. The summed E-state index contributed by atoms with van der Waals surface area (Å²) in [6, 6.07) is 9.75. The van der Waals surface area contributed by atoms with Crippen LogP contribution in [-0.2, 0) is 17.4 Å². The fourth-order valence-electron chi connectivity index (χ4n) is 3.23. The second-order valence-electron chi connectivity index (χ2n) is 6.34. The lowest BCUT2D eigenvalue weighted by molar-refractivity contribution is -0.137. The number of anilines is 2. The molecule has 1 aliphatic heterocycles. The summed E-state index contributed by atoms with van der Waals surface area (Å²) in [5.41, 5.74) is 0.616. The Labute approximate surface area is 155 Å². The van der Waals surface area contributed by atoms with Gasteiger partial charge in [-0.15, -0.1) is 0 Å². The fourth-order valence-corrected chi connectivity index (χ4v) is 3.23. The fraction of sp³-hybridized carbons (Fsp3) is 0.300. The first-order valence-electron chi connectivity index (χ1n) is 8.72. The normalized spacial score (nSPS) is 13.9. The Morgan fingerprint density at radius 3 is 2.59 bits per heavy atom. The van der Waals surface area contributed by atoms with Gasteiger partial charge in [-0.1, -0.05) is 25.1 Å². The molecular weight excluding hydrogens is 357 g/mol. The van der Waals surface area contributed by atoms with Crippen LogP contribution in [0.15, 0.2) is 42.5 Å². The predicted molar refractivity (Wildman–Crippen MR) is 96.8 cm³/mol. The molecule has 0 bridgehead atoms. The molecule has 0 saturated heterocycles. The van der Waals surface area contributed by atoms with Gasteiger partial charge < -0.3 is 10.2 Å². The van der Waals surface area contributed by atoms with Crippen LogP contribution >= 0.6 is 0 Å². The van der Waals surface area contributed by atoms with Crippen molar-refractivity contribution in [3.8, 4) is 0 Å². The van der Waals surface area contributed by atoms with Crippen molar-refractivity contribution in [2.24, 2.45) is 0 Å². The molecule has 0 spiro atoms. The van der Waals surface area contributed by atoms with Gasteiger partial charge in [0, 0.05) is 24.3 Å². The topological polar surface area (TPSA) is 49.4 Å². The number of aryl methyl sites for hydroxylation is 1. The summed E-state index contributed by atoms with van der Waals surface area (Å²) in [5.74, 6) is -0.867. The lowest BCUT2D eigenvalue weighted by Crippen LogP contribution is -2.35. The van der Waals surface area contributed by atoms with E-state index in [1.807, 2.05) is 0 Å². The quantitative estimate of drug-likeness (QED) is 0.848. The Hall–Kier alpha value is -2.83. The number of rotatable bonds is 3. The molecule has 2 aromatic carbocycles. The van der Waals surface area contributed by atoms with Gasteiger partial charge in [0.15, 0.2) is 0 Å². The highest BCUT2D eigenvalue weighted by Crippen LogP contribution is 2.33. The van der Waals surface area contributed by atoms with Crippen LogP contribution in [0.2, 0.25) is 0 Å². The zero-order chi connectivity index (χ0) is 19.6. The van der Waals surface area contributed by atoms with E-state index in [0.717, 1.165) is 30.5 Å². The summed E-state index contributed by atoms with van der Waals surface area (Å²) in [5, 5.41) is 2.52. The number of nitrogens with zero attached hydrogens (tertiary/aromatic N) is 1. The number of benzene rings is 2. The van der Waals surface area contributed by atoms with E-state index in [1.54, 1.807) is 30.0 Å². The van der Waals surface area contributed by atoms with E-state index in [4.69, 9.17) is 0 Å². The van der Waals surface area contributed by atoms with E-state index >= 15 is 0 Å². The van der Waals surface area contributed by atoms with Crippen molar-refractivity contribution >= 4 is 23.2 Å². The first-order valence-corrected chi connectivity index (χ1v) is 8.72. The van der Waals surface area contributed by atoms with Crippen LogP contribution in [0.25, 0.3) is 0 Å². The molecule has 4 nitrogen and oxygen atoms in total. The second-order valence-corrected chi connectivity index (χ2v) is 6.34. The van der Waals surface area contributed by atoms with Gasteiger partial charge >= 0.3 is 6.18 Å². The Morgan fingerprint density at radius 2 is 1.89 bits per heavy atom. The standard InChI is InChI=1S/C20H19F3N2O2/c1-2-18(26)25-11-5-6-13-9-10-14(12-17(13)25)24-19(27)15-7-3-4-8-16(15)20(21,22)23/h3-4,7-10,12H,2,5-6,11H2,1H3,(H,24,27). The van der Waals surface area contributed by atoms with E-state index in [1.165, 1.54) is 12.1 Å². The van der Waals surface area contributed by atoms with Gasteiger partial charge in [0.2, 0.25) is 5.91 Å². The van der Waals surface area contributed by atoms with Crippen LogP contribution in [0.5, 0.6) is 0 Å². The molecule has 0 fully saturated rings. The maximum absolute atomic E-state index is 13.1. The van der Waals surface area contributed by atoms with E-state index in [-0.39, 0.29) is 5.91 Å². The summed E-state index contributed by atoms with van der Waals surface area (Å²) in [6.07, 6.45) is -2.60. The Balaban J connectivity index is 1.89. The van der Waals surface area contributed by atoms with Gasteiger partial charge in [-0.2, -0.15) is 13.2 Å². The molecular formula is C20H19F3N2O2. The molecule has 7 heteroatoms. The number of hydrogen-bond acceptors (Lipinski definition) is 2. The van der Waals surface area contributed by atoms with Crippen LogP contribution in [0.4, 0.5) is 24.5 Å². The third-order valence-corrected chi connectivity index (χ3v) is 4.54. The minimum atomic E-state index is -4.62. The van der Waals surface area contributed by atoms with Crippen LogP contribution in [0.3, 0.4) is 0 Å². The smallest absolute Gasteiger partial charge is 0.322 e. The highest BCUT2D eigenvalue weighted by atomic mass is 19.4. The third-order valence-electron chi connectivity index (χ3n) is 4.54. The summed E-state index contributed by atoms with van der Waals surface area (Å²) in [6.45, 7) is 2.37. The molecule has 2 amide bonds. The molecule has 1 heterocycles. The number of carbonyl (C=O) groups excluding carboxylic acids is 2. The predicted octanol–water partition coefficient (Wildman–Crippen LogP) is 4.65. The lowest BCUT2D eigenvalue weighted by atomic mass is 10.0. The zero-order valence-electron chi connectivity index (χ0n) is 14.8. The van der Waals surface area contributed by atoms with Crippen molar-refractivity contribution in [2.75, 3.05) is 16.8 Å². The summed E-state index contributed by atoms with van der Waals surface area (Å²) in [4.78, 5) is 26.2. The Bertz CT molecular complexity index is 878. The molecule has 0 atom stereocenters. The van der Waals surface area contributed by atoms with Crippen LogP contribution in [-0.4, -0.2) is 18.4 Å². The first kappa shape index (κ1) is 18.9. The number of halogens is 3. The van der Waals surface area contributed by atoms with Crippen molar-refractivity contribution in [3.05, 3.63) is 59.2 Å². The van der Waals surface area contributed by atoms with Gasteiger partial charge in [0.05, 0.1) is 11.1 Å². The van der Waals surface area contributed by atoms with Crippen molar-refractivity contribution in [3.63, 3.8) is 0 Å². The van der Waals surface area contributed by atoms with Gasteiger partial charge in [0.1, 0.15) is 0 Å². The largest absolute Gasteiger partial charge is 0.417 e. The van der Waals surface area contributed by atoms with E-state index in [9.17, 15) is 22.8 Å². The molecule has 27 heavy (non-hydrogen) atoms. The first-order chi connectivity index (χ1) is 12.8. The number of hydrogen-bond donors (Lipinski definition) is 1. The molecule has 142 valence electrons. The molecule has 0 unspecified atom stereocenters. The monoisotopic (exact) mass is 376 g/mol. The van der Waals surface area contributed by atoms with Gasteiger partial charge in [0.25, 0.3) is 5.91 Å². The minimum absolute atomic E-state index is 0.0261. The maximum Gasteiger partial charge on any atom is 0.417 e. The average Bonchev–Trinajstić information content (AvgIpc) is 2.66. The van der Waals surface area contributed by atoms with E-state index < -0.39 is 23.2 Å². The lowest BCUT2D eigenvalue weighted by Gasteiger charge is -2.29. The Kier molecular flexibility index (Phi) is 5.21. The molecule has 0 radical (unpaired) electrons. The Morgan fingerprint density at radius 1 is 1.15 bits per heavy atom. The summed E-state index contributed by atoms with van der Waals surface area (Å²) < 4.78 is 39.4. The number of nitrogens with one attached hydrogen (secondary N) is 1. The SMILES string of the molecule is CCC(=O)N1CCCc2ccc(NC(=O)c3ccccc3C(F)(F)F)cc21.